The minimum absolute atomic E-state index is 0.0687. The highest BCUT2D eigenvalue weighted by Crippen LogP contribution is 2.16. The van der Waals surface area contributed by atoms with Crippen molar-refractivity contribution in [3.63, 3.8) is 0 Å². The fourth-order valence-electron chi connectivity index (χ4n) is 5.96. The lowest BCUT2D eigenvalue weighted by Crippen LogP contribution is -2.30. The van der Waals surface area contributed by atoms with Crippen molar-refractivity contribution in [3.8, 4) is 0 Å². The van der Waals surface area contributed by atoms with Crippen LogP contribution in [0.5, 0.6) is 0 Å². The Balaban J connectivity index is 4.38. The molecule has 0 radical (unpaired) electrons. The van der Waals surface area contributed by atoms with Gasteiger partial charge in [0.05, 0.1) is 0 Å². The van der Waals surface area contributed by atoms with Crippen LogP contribution < -0.4 is 0 Å². The first-order chi connectivity index (χ1) is 23.1. The van der Waals surface area contributed by atoms with Crippen molar-refractivity contribution in [2.24, 2.45) is 17.8 Å². The van der Waals surface area contributed by atoms with Gasteiger partial charge in [-0.15, -0.1) is 0 Å². The highest BCUT2D eigenvalue weighted by Gasteiger charge is 2.19. The highest BCUT2D eigenvalue weighted by atomic mass is 16.6. The topological polar surface area (TPSA) is 78.9 Å². The van der Waals surface area contributed by atoms with Crippen LogP contribution in [0.2, 0.25) is 0 Å². The normalized spacial score (nSPS) is 12.8. The number of unbranched alkanes of at least 4 members (excludes halogenated alkanes) is 17. The maximum atomic E-state index is 12.6. The lowest BCUT2D eigenvalue weighted by Gasteiger charge is -2.18. The molecule has 0 saturated heterocycles. The van der Waals surface area contributed by atoms with E-state index in [1.54, 1.807) is 0 Å². The van der Waals surface area contributed by atoms with E-state index >= 15 is 0 Å². The standard InChI is InChI=1S/C42H80O6/c1-7-38(6)30-24-18-14-15-20-26-32-41(44)47-35-39(48-42(45)33-27-21-13-9-11-17-23-29-37(4)5)34-46-40(43)31-25-19-12-8-10-16-22-28-36(2)3/h36-39H,7-35H2,1-6H3/t38?,39-/m1/s1. The zero-order chi connectivity index (χ0) is 35.7. The van der Waals surface area contributed by atoms with Crippen LogP contribution in [0.4, 0.5) is 0 Å². The third-order valence-electron chi connectivity index (χ3n) is 9.51. The van der Waals surface area contributed by atoms with E-state index in [2.05, 4.69) is 41.5 Å². The molecule has 0 aliphatic carbocycles. The van der Waals surface area contributed by atoms with E-state index in [9.17, 15) is 14.4 Å². The molecule has 0 rings (SSSR count). The first-order valence-electron chi connectivity index (χ1n) is 20.6. The van der Waals surface area contributed by atoms with Crippen molar-refractivity contribution in [3.05, 3.63) is 0 Å². The van der Waals surface area contributed by atoms with Gasteiger partial charge < -0.3 is 14.2 Å². The minimum Gasteiger partial charge on any atom is -0.462 e. The van der Waals surface area contributed by atoms with Crippen LogP contribution in [-0.4, -0.2) is 37.2 Å². The molecular formula is C42H80O6. The van der Waals surface area contributed by atoms with Crippen molar-refractivity contribution in [2.45, 2.75) is 221 Å². The molecule has 6 heteroatoms. The number of rotatable bonds is 35. The Hall–Kier alpha value is -1.59. The summed E-state index contributed by atoms with van der Waals surface area (Å²) < 4.78 is 16.6. The number of carbonyl (C=O) groups is 3. The van der Waals surface area contributed by atoms with Gasteiger partial charge in [-0.3, -0.25) is 14.4 Å². The Morgan fingerprint density at radius 3 is 1.08 bits per heavy atom. The Morgan fingerprint density at radius 1 is 0.417 bits per heavy atom. The molecule has 0 saturated carbocycles. The van der Waals surface area contributed by atoms with E-state index in [4.69, 9.17) is 14.2 Å². The molecule has 0 aliphatic heterocycles. The smallest absolute Gasteiger partial charge is 0.306 e. The molecule has 0 bridgehead atoms. The van der Waals surface area contributed by atoms with E-state index < -0.39 is 6.10 Å². The minimum atomic E-state index is -0.761. The SMILES string of the molecule is CCC(C)CCCCCCCCC(=O)OC[C@@H](COC(=O)CCCCCCCCCC(C)C)OC(=O)CCCCCCCCCC(C)C. The number of ether oxygens (including phenoxy) is 3. The molecular weight excluding hydrogens is 600 g/mol. The number of carbonyl (C=O) groups excluding carboxylic acids is 3. The van der Waals surface area contributed by atoms with Crippen LogP contribution in [0.25, 0.3) is 0 Å². The molecule has 6 nitrogen and oxygen atoms in total. The largest absolute Gasteiger partial charge is 0.462 e. The summed E-state index contributed by atoms with van der Waals surface area (Å²) in [5.74, 6) is 1.50. The Morgan fingerprint density at radius 2 is 0.729 bits per heavy atom. The van der Waals surface area contributed by atoms with Gasteiger partial charge in [-0.2, -0.15) is 0 Å². The lowest BCUT2D eigenvalue weighted by atomic mass is 10.00. The van der Waals surface area contributed by atoms with Gasteiger partial charge in [-0.25, -0.2) is 0 Å². The predicted octanol–water partition coefficient (Wildman–Crippen LogP) is 12.5. The van der Waals surface area contributed by atoms with Gasteiger partial charge in [0.15, 0.2) is 6.10 Å². The summed E-state index contributed by atoms with van der Waals surface area (Å²) in [7, 11) is 0. The van der Waals surface area contributed by atoms with E-state index in [0.29, 0.717) is 19.3 Å². The highest BCUT2D eigenvalue weighted by molar-refractivity contribution is 5.71. The van der Waals surface area contributed by atoms with E-state index in [0.717, 1.165) is 75.5 Å². The number of hydrogen-bond donors (Lipinski definition) is 0. The summed E-state index contributed by atoms with van der Waals surface area (Å²) in [4.78, 5) is 37.5. The first-order valence-corrected chi connectivity index (χ1v) is 20.6. The van der Waals surface area contributed by atoms with Crippen LogP contribution in [0.3, 0.4) is 0 Å². The fourth-order valence-corrected chi connectivity index (χ4v) is 5.96. The summed E-state index contributed by atoms with van der Waals surface area (Å²) in [6.45, 7) is 13.5. The molecule has 284 valence electrons. The molecule has 0 amide bonds. The van der Waals surface area contributed by atoms with Crippen molar-refractivity contribution in [1.29, 1.82) is 0 Å². The molecule has 0 aromatic carbocycles. The first kappa shape index (κ1) is 46.4. The van der Waals surface area contributed by atoms with Crippen molar-refractivity contribution < 1.29 is 28.6 Å². The molecule has 0 spiro atoms. The van der Waals surface area contributed by atoms with Gasteiger partial charge in [0.25, 0.3) is 0 Å². The molecule has 48 heavy (non-hydrogen) atoms. The van der Waals surface area contributed by atoms with E-state index in [1.807, 2.05) is 0 Å². The van der Waals surface area contributed by atoms with E-state index in [-0.39, 0.29) is 31.1 Å². The second-order valence-electron chi connectivity index (χ2n) is 15.5. The summed E-state index contributed by atoms with van der Waals surface area (Å²) >= 11 is 0. The van der Waals surface area contributed by atoms with Gasteiger partial charge in [0, 0.05) is 19.3 Å². The number of hydrogen-bond acceptors (Lipinski definition) is 6. The number of esters is 3. The molecule has 0 heterocycles. The Bertz CT molecular complexity index is 748. The summed E-state index contributed by atoms with van der Waals surface area (Å²) in [5, 5.41) is 0. The third-order valence-corrected chi connectivity index (χ3v) is 9.51. The van der Waals surface area contributed by atoms with Crippen LogP contribution in [0.1, 0.15) is 215 Å². The Kier molecular flexibility index (Phi) is 32.8. The lowest BCUT2D eigenvalue weighted by molar-refractivity contribution is -0.167. The van der Waals surface area contributed by atoms with Crippen LogP contribution >= 0.6 is 0 Å². The van der Waals surface area contributed by atoms with Crippen LogP contribution in [0.15, 0.2) is 0 Å². The maximum Gasteiger partial charge on any atom is 0.306 e. The summed E-state index contributed by atoms with van der Waals surface area (Å²) in [6, 6.07) is 0. The van der Waals surface area contributed by atoms with Crippen LogP contribution in [-0.2, 0) is 28.6 Å². The van der Waals surface area contributed by atoms with Crippen molar-refractivity contribution >= 4 is 17.9 Å². The second kappa shape index (κ2) is 33.9. The molecule has 0 aliphatic rings. The predicted molar refractivity (Wildman–Crippen MR) is 201 cm³/mol. The molecule has 1 unspecified atom stereocenters. The fraction of sp³-hybridized carbons (Fsp3) is 0.929. The van der Waals surface area contributed by atoms with Gasteiger partial charge >= 0.3 is 17.9 Å². The average Bonchev–Trinajstić information content (AvgIpc) is 3.05. The van der Waals surface area contributed by atoms with Gasteiger partial charge in [0.1, 0.15) is 13.2 Å². The van der Waals surface area contributed by atoms with Gasteiger partial charge in [-0.1, -0.05) is 176 Å². The quantitative estimate of drug-likeness (QED) is 0.0376. The third kappa shape index (κ3) is 34.3. The molecule has 0 aromatic heterocycles. The monoisotopic (exact) mass is 681 g/mol. The van der Waals surface area contributed by atoms with Gasteiger partial charge in [-0.05, 0) is 37.0 Å². The zero-order valence-electron chi connectivity index (χ0n) is 32.8. The van der Waals surface area contributed by atoms with Gasteiger partial charge in [0.2, 0.25) is 0 Å². The van der Waals surface area contributed by atoms with Crippen LogP contribution in [0, 0.1) is 17.8 Å². The molecule has 2 atom stereocenters. The van der Waals surface area contributed by atoms with Crippen molar-refractivity contribution in [1.82, 2.24) is 0 Å². The molecule has 0 fully saturated rings. The van der Waals surface area contributed by atoms with Crippen molar-refractivity contribution in [2.75, 3.05) is 13.2 Å². The molecule has 0 N–H and O–H groups in total. The zero-order valence-corrected chi connectivity index (χ0v) is 32.8. The Labute approximate surface area is 298 Å². The second-order valence-corrected chi connectivity index (χ2v) is 15.5. The summed E-state index contributed by atoms with van der Waals surface area (Å²) in [5.41, 5.74) is 0. The molecule has 0 aromatic rings. The summed E-state index contributed by atoms with van der Waals surface area (Å²) in [6.07, 6.45) is 28.2. The maximum absolute atomic E-state index is 12.6. The average molecular weight is 681 g/mol. The van der Waals surface area contributed by atoms with E-state index in [1.165, 1.54) is 96.3 Å².